The van der Waals surface area contributed by atoms with Gasteiger partial charge in [0.05, 0.1) is 18.5 Å². The summed E-state index contributed by atoms with van der Waals surface area (Å²) in [5.74, 6) is -0.312. The summed E-state index contributed by atoms with van der Waals surface area (Å²) < 4.78 is 38.1. The average Bonchev–Trinajstić information content (AvgIpc) is 3.05. The molecule has 0 spiro atoms. The quantitative estimate of drug-likeness (QED) is 0.774. The number of nitrogens with zero attached hydrogens (tertiary/aromatic N) is 3. The fourth-order valence-electron chi connectivity index (χ4n) is 3.34. The van der Waals surface area contributed by atoms with Gasteiger partial charge in [-0.15, -0.1) is 4.36 Å². The minimum absolute atomic E-state index is 0.0294. The highest BCUT2D eigenvalue weighted by Crippen LogP contribution is 2.35. The molecule has 1 aromatic heterocycles. The average molecular weight is 424 g/mol. The van der Waals surface area contributed by atoms with Crippen molar-refractivity contribution in [3.8, 4) is 5.88 Å². The van der Waals surface area contributed by atoms with Crippen LogP contribution < -0.4 is 15.2 Å². The van der Waals surface area contributed by atoms with E-state index in [2.05, 4.69) is 14.8 Å². The zero-order valence-corrected chi connectivity index (χ0v) is 17.8. The maximum Gasteiger partial charge on any atom is 0.354 e. The SMILES string of the molecule is CC(C)c1ccc(F)c(C(C)C)c1NC(=O)N=[S@@](N)(=O)c1cnn2c1OCCC2. The van der Waals surface area contributed by atoms with E-state index in [1.54, 1.807) is 10.7 Å². The molecule has 2 amide bonds. The monoisotopic (exact) mass is 423 g/mol. The Balaban J connectivity index is 2.00. The van der Waals surface area contributed by atoms with Gasteiger partial charge in [-0.3, -0.25) is 0 Å². The maximum atomic E-state index is 14.5. The van der Waals surface area contributed by atoms with E-state index in [1.807, 2.05) is 27.7 Å². The number of hydrogen-bond donors (Lipinski definition) is 2. The Morgan fingerprint density at radius 1 is 1.34 bits per heavy atom. The predicted octanol–water partition coefficient (Wildman–Crippen LogP) is 3.98. The number of carbonyl (C=O) groups is 1. The van der Waals surface area contributed by atoms with Crippen LogP contribution in [0.2, 0.25) is 0 Å². The minimum Gasteiger partial charge on any atom is -0.477 e. The van der Waals surface area contributed by atoms with Crippen molar-refractivity contribution in [2.75, 3.05) is 11.9 Å². The molecular weight excluding hydrogens is 397 g/mol. The van der Waals surface area contributed by atoms with Gasteiger partial charge in [0, 0.05) is 18.5 Å². The number of amides is 2. The minimum atomic E-state index is -3.59. The van der Waals surface area contributed by atoms with Crippen molar-refractivity contribution in [3.05, 3.63) is 35.3 Å². The van der Waals surface area contributed by atoms with E-state index in [0.717, 1.165) is 12.0 Å². The molecule has 0 unspecified atom stereocenters. The highest BCUT2D eigenvalue weighted by molar-refractivity contribution is 7.91. The largest absolute Gasteiger partial charge is 0.477 e. The van der Waals surface area contributed by atoms with Crippen molar-refractivity contribution in [2.45, 2.75) is 57.4 Å². The van der Waals surface area contributed by atoms with E-state index in [1.165, 1.54) is 12.3 Å². The molecule has 3 rings (SSSR count). The normalized spacial score (nSPS) is 15.6. The molecule has 1 atom stereocenters. The molecule has 2 heterocycles. The Bertz CT molecular complexity index is 1050. The van der Waals surface area contributed by atoms with E-state index in [0.29, 0.717) is 24.4 Å². The molecule has 0 bridgehead atoms. The van der Waals surface area contributed by atoms with Crippen molar-refractivity contribution in [3.63, 3.8) is 0 Å². The number of hydrogen-bond acceptors (Lipinski definition) is 4. The molecule has 1 aromatic carbocycles. The second-order valence-corrected chi connectivity index (χ2v) is 9.32. The third-order valence-corrected chi connectivity index (χ3v) is 6.05. The Kier molecular flexibility index (Phi) is 5.95. The summed E-state index contributed by atoms with van der Waals surface area (Å²) in [6.45, 7) is 8.59. The van der Waals surface area contributed by atoms with E-state index in [4.69, 9.17) is 9.88 Å². The first-order chi connectivity index (χ1) is 13.6. The number of nitrogens with one attached hydrogen (secondary N) is 1. The third kappa shape index (κ3) is 4.27. The molecule has 0 fully saturated rings. The molecule has 0 saturated carbocycles. The van der Waals surface area contributed by atoms with Crippen LogP contribution in [0, 0.1) is 5.82 Å². The summed E-state index contributed by atoms with van der Waals surface area (Å²) in [5, 5.41) is 12.6. The van der Waals surface area contributed by atoms with Crippen LogP contribution >= 0.6 is 0 Å². The van der Waals surface area contributed by atoms with Crippen molar-refractivity contribution in [1.29, 1.82) is 0 Å². The van der Waals surface area contributed by atoms with Gasteiger partial charge < -0.3 is 10.1 Å². The molecule has 158 valence electrons. The third-order valence-electron chi connectivity index (χ3n) is 4.70. The second kappa shape index (κ2) is 8.11. The van der Waals surface area contributed by atoms with Gasteiger partial charge in [0.2, 0.25) is 5.88 Å². The number of halogens is 1. The number of aryl methyl sites for hydroxylation is 1. The van der Waals surface area contributed by atoms with Gasteiger partial charge >= 0.3 is 6.03 Å². The van der Waals surface area contributed by atoms with E-state index < -0.39 is 21.8 Å². The van der Waals surface area contributed by atoms with E-state index >= 15 is 0 Å². The fourth-order valence-corrected chi connectivity index (χ4v) is 4.35. The second-order valence-electron chi connectivity index (χ2n) is 7.56. The smallest absolute Gasteiger partial charge is 0.354 e. The first kappa shape index (κ1) is 21.3. The number of aromatic nitrogens is 2. The number of rotatable bonds is 4. The van der Waals surface area contributed by atoms with Gasteiger partial charge in [0.25, 0.3) is 0 Å². The summed E-state index contributed by atoms with van der Waals surface area (Å²) in [6, 6.07) is 2.10. The number of ether oxygens (including phenoxy) is 1. The number of urea groups is 1. The predicted molar refractivity (Wildman–Crippen MR) is 109 cm³/mol. The Morgan fingerprint density at radius 2 is 2.07 bits per heavy atom. The lowest BCUT2D eigenvalue weighted by molar-refractivity contribution is 0.224. The van der Waals surface area contributed by atoms with Crippen molar-refractivity contribution >= 4 is 21.6 Å². The number of nitrogens with two attached hydrogens (primary N) is 1. The lowest BCUT2D eigenvalue weighted by Gasteiger charge is -2.20. The first-order valence-corrected chi connectivity index (χ1v) is 11.1. The van der Waals surface area contributed by atoms with Crippen LogP contribution in [0.1, 0.15) is 57.1 Å². The standard InChI is InChI=1S/C19H26FN5O3S/c1-11(2)13-6-7-14(20)16(12(3)4)17(13)23-19(26)24-29(21,27)15-10-22-25-8-5-9-28-18(15)25/h6-7,10-12H,5,8-9H2,1-4H3,(H3,21,23,24,26,27)/t29-/m1/s1. The van der Waals surface area contributed by atoms with Crippen LogP contribution in [0.15, 0.2) is 27.6 Å². The molecule has 1 aliphatic heterocycles. The van der Waals surface area contributed by atoms with E-state index in [9.17, 15) is 13.4 Å². The molecule has 0 aliphatic carbocycles. The van der Waals surface area contributed by atoms with Gasteiger partial charge in [-0.1, -0.05) is 33.8 Å². The van der Waals surface area contributed by atoms with Crippen LogP contribution in [0.3, 0.4) is 0 Å². The summed E-state index contributed by atoms with van der Waals surface area (Å²) in [5.41, 5.74) is 1.47. The lowest BCUT2D eigenvalue weighted by Crippen LogP contribution is -2.21. The summed E-state index contributed by atoms with van der Waals surface area (Å²) in [4.78, 5) is 12.7. The molecule has 0 saturated heterocycles. The van der Waals surface area contributed by atoms with Gasteiger partial charge in [0.15, 0.2) is 9.92 Å². The van der Waals surface area contributed by atoms with Crippen molar-refractivity contribution in [1.82, 2.24) is 9.78 Å². The van der Waals surface area contributed by atoms with Gasteiger partial charge in [-0.2, -0.15) is 5.10 Å². The molecule has 3 N–H and O–H groups in total. The summed E-state index contributed by atoms with van der Waals surface area (Å²) >= 11 is 0. The van der Waals surface area contributed by atoms with Crippen molar-refractivity contribution in [2.24, 2.45) is 9.50 Å². The zero-order chi connectivity index (χ0) is 21.3. The fraction of sp³-hybridized carbons (Fsp3) is 0.474. The molecule has 2 aromatic rings. The Labute approximate surface area is 169 Å². The molecule has 1 aliphatic rings. The number of carbonyl (C=O) groups excluding carboxylic acids is 1. The zero-order valence-electron chi connectivity index (χ0n) is 16.9. The maximum absolute atomic E-state index is 14.5. The van der Waals surface area contributed by atoms with Crippen LogP contribution in [0.25, 0.3) is 0 Å². The van der Waals surface area contributed by atoms with Crippen LogP contribution in [-0.2, 0) is 16.5 Å². The number of anilines is 1. The molecule has 29 heavy (non-hydrogen) atoms. The molecule has 8 nitrogen and oxygen atoms in total. The molecular formula is C19H26FN5O3S. The number of fused-ring (bicyclic) bond motifs is 1. The topological polar surface area (TPSA) is 112 Å². The summed E-state index contributed by atoms with van der Waals surface area (Å²) in [7, 11) is -3.59. The summed E-state index contributed by atoms with van der Waals surface area (Å²) in [6.07, 6.45) is 2.08. The molecule has 0 radical (unpaired) electrons. The Hall–Kier alpha value is -2.46. The highest BCUT2D eigenvalue weighted by Gasteiger charge is 2.25. The van der Waals surface area contributed by atoms with Gasteiger partial charge in [-0.05, 0) is 23.5 Å². The number of benzene rings is 1. The van der Waals surface area contributed by atoms with Gasteiger partial charge in [0.1, 0.15) is 10.7 Å². The van der Waals surface area contributed by atoms with Crippen LogP contribution in [0.4, 0.5) is 14.9 Å². The highest BCUT2D eigenvalue weighted by atomic mass is 32.2. The first-order valence-electron chi connectivity index (χ1n) is 9.48. The van der Waals surface area contributed by atoms with Crippen LogP contribution in [0.5, 0.6) is 5.88 Å². The van der Waals surface area contributed by atoms with E-state index in [-0.39, 0.29) is 22.6 Å². The molecule has 10 heteroatoms. The lowest BCUT2D eigenvalue weighted by atomic mass is 9.92. The Morgan fingerprint density at radius 3 is 2.72 bits per heavy atom. The van der Waals surface area contributed by atoms with Gasteiger partial charge in [-0.25, -0.2) is 23.2 Å². The van der Waals surface area contributed by atoms with Crippen molar-refractivity contribution < 1.29 is 18.1 Å². The van der Waals surface area contributed by atoms with Crippen LogP contribution in [-0.4, -0.2) is 26.6 Å².